The predicted octanol–water partition coefficient (Wildman–Crippen LogP) is 3.23. The van der Waals surface area contributed by atoms with Crippen LogP contribution in [0.3, 0.4) is 0 Å². The Balaban J connectivity index is 2.12. The van der Waals surface area contributed by atoms with Gasteiger partial charge in [0, 0.05) is 6.42 Å². The second kappa shape index (κ2) is 5.04. The van der Waals surface area contributed by atoms with E-state index in [0.29, 0.717) is 13.0 Å². The van der Waals surface area contributed by atoms with Crippen molar-refractivity contribution in [1.82, 2.24) is 0 Å². The van der Waals surface area contributed by atoms with Gasteiger partial charge < -0.3 is 9.47 Å². The van der Waals surface area contributed by atoms with E-state index in [1.807, 2.05) is 19.1 Å². The van der Waals surface area contributed by atoms with Gasteiger partial charge in [0.25, 0.3) is 0 Å². The lowest BCUT2D eigenvalue weighted by Crippen LogP contribution is -2.14. The maximum Gasteiger partial charge on any atom is 0.513 e. The molecule has 0 aliphatic heterocycles. The van der Waals surface area contributed by atoms with Gasteiger partial charge >= 0.3 is 6.16 Å². The Labute approximate surface area is 101 Å². The van der Waals surface area contributed by atoms with E-state index >= 15 is 0 Å². The maximum atomic E-state index is 11.3. The highest BCUT2D eigenvalue weighted by molar-refractivity contribution is 5.62. The van der Waals surface area contributed by atoms with Crippen LogP contribution in [0, 0.1) is 0 Å². The molecule has 3 nitrogen and oxygen atoms in total. The number of allylic oxidation sites excluding steroid dienone is 2. The fourth-order valence-electron chi connectivity index (χ4n) is 1.98. The van der Waals surface area contributed by atoms with Crippen molar-refractivity contribution >= 4 is 6.16 Å². The molecule has 3 heteroatoms. The molecule has 90 valence electrons. The highest BCUT2D eigenvalue weighted by Gasteiger charge is 2.18. The second-order valence-electron chi connectivity index (χ2n) is 4.11. The molecule has 0 fully saturated rings. The zero-order valence-electron chi connectivity index (χ0n) is 10.2. The van der Waals surface area contributed by atoms with Gasteiger partial charge in [-0.1, -0.05) is 24.3 Å². The molecule has 17 heavy (non-hydrogen) atoms. The van der Waals surface area contributed by atoms with Crippen molar-refractivity contribution in [2.24, 2.45) is 0 Å². The van der Waals surface area contributed by atoms with Crippen molar-refractivity contribution in [3.05, 3.63) is 46.7 Å². The van der Waals surface area contributed by atoms with Gasteiger partial charge in [-0.15, -0.1) is 0 Å². The first-order chi connectivity index (χ1) is 8.20. The number of benzene rings is 1. The van der Waals surface area contributed by atoms with Gasteiger partial charge in [-0.05, 0) is 37.0 Å². The number of hydrogen-bond donors (Lipinski definition) is 0. The number of rotatable bonds is 2. The Morgan fingerprint density at radius 1 is 1.24 bits per heavy atom. The van der Waals surface area contributed by atoms with Crippen LogP contribution in [0.15, 0.2) is 35.6 Å². The molecule has 2 rings (SSSR count). The van der Waals surface area contributed by atoms with Crippen LogP contribution in [-0.2, 0) is 22.3 Å². The lowest BCUT2D eigenvalue weighted by molar-refractivity contribution is 0.0791. The van der Waals surface area contributed by atoms with E-state index in [1.165, 1.54) is 11.1 Å². The third-order valence-corrected chi connectivity index (χ3v) is 2.87. The van der Waals surface area contributed by atoms with Crippen molar-refractivity contribution in [1.29, 1.82) is 0 Å². The minimum Gasteiger partial charge on any atom is -0.434 e. The Morgan fingerprint density at radius 3 is 2.53 bits per heavy atom. The Bertz CT molecular complexity index is 460. The fourth-order valence-corrected chi connectivity index (χ4v) is 1.98. The average Bonchev–Trinajstić information content (AvgIpc) is 2.30. The number of fused-ring (bicyclic) bond motifs is 1. The van der Waals surface area contributed by atoms with E-state index in [-0.39, 0.29) is 0 Å². The summed E-state index contributed by atoms with van der Waals surface area (Å²) >= 11 is 0. The van der Waals surface area contributed by atoms with Gasteiger partial charge in [-0.3, -0.25) is 0 Å². The summed E-state index contributed by atoms with van der Waals surface area (Å²) in [5.41, 5.74) is 3.62. The monoisotopic (exact) mass is 232 g/mol. The van der Waals surface area contributed by atoms with Crippen LogP contribution >= 0.6 is 0 Å². The lowest BCUT2D eigenvalue weighted by atomic mass is 9.91. The molecule has 0 atom stereocenters. The van der Waals surface area contributed by atoms with Gasteiger partial charge in [-0.2, -0.15) is 0 Å². The Kier molecular flexibility index (Phi) is 3.47. The topological polar surface area (TPSA) is 35.5 Å². The van der Waals surface area contributed by atoms with Crippen LogP contribution in [0.25, 0.3) is 0 Å². The maximum absolute atomic E-state index is 11.3. The van der Waals surface area contributed by atoms with E-state index in [2.05, 4.69) is 12.1 Å². The van der Waals surface area contributed by atoms with Gasteiger partial charge in [0.15, 0.2) is 0 Å². The second-order valence-corrected chi connectivity index (χ2v) is 4.11. The zero-order chi connectivity index (χ0) is 12.3. The van der Waals surface area contributed by atoms with Crippen LogP contribution < -0.4 is 0 Å². The molecular weight excluding hydrogens is 216 g/mol. The molecule has 1 aromatic rings. The molecule has 0 unspecified atom stereocenters. The summed E-state index contributed by atoms with van der Waals surface area (Å²) in [7, 11) is 0. The molecular formula is C14H16O3. The van der Waals surface area contributed by atoms with Crippen LogP contribution in [0.2, 0.25) is 0 Å². The fraction of sp³-hybridized carbons (Fsp3) is 0.357. The third-order valence-electron chi connectivity index (χ3n) is 2.87. The standard InChI is InChI=1S/C14H16O3/c1-3-16-14(15)17-13-9-12-7-5-4-6-11(12)8-10(13)2/h4-7H,3,8-9H2,1-2H3. The predicted molar refractivity (Wildman–Crippen MR) is 64.7 cm³/mol. The minimum absolute atomic E-state index is 0.335. The summed E-state index contributed by atoms with van der Waals surface area (Å²) in [6, 6.07) is 8.21. The molecule has 0 saturated carbocycles. The molecule has 1 aliphatic carbocycles. The van der Waals surface area contributed by atoms with Crippen LogP contribution in [-0.4, -0.2) is 12.8 Å². The van der Waals surface area contributed by atoms with Crippen molar-refractivity contribution in [3.8, 4) is 0 Å². The number of hydrogen-bond acceptors (Lipinski definition) is 3. The first-order valence-corrected chi connectivity index (χ1v) is 5.80. The first-order valence-electron chi connectivity index (χ1n) is 5.80. The first kappa shape index (κ1) is 11.7. The quantitative estimate of drug-likeness (QED) is 0.734. The number of carbonyl (C=O) groups excluding carboxylic acids is 1. The number of ether oxygens (including phenoxy) is 2. The van der Waals surface area contributed by atoms with Crippen LogP contribution in [0.4, 0.5) is 4.79 Å². The molecule has 0 aromatic heterocycles. The molecule has 0 bridgehead atoms. The SMILES string of the molecule is CCOC(=O)OC1=C(C)Cc2ccccc2C1. The Morgan fingerprint density at radius 2 is 1.88 bits per heavy atom. The van der Waals surface area contributed by atoms with Crippen LogP contribution in [0.1, 0.15) is 25.0 Å². The Hall–Kier alpha value is -1.77. The molecule has 1 aromatic carbocycles. The van der Waals surface area contributed by atoms with E-state index in [4.69, 9.17) is 9.47 Å². The van der Waals surface area contributed by atoms with Gasteiger partial charge in [0.1, 0.15) is 5.76 Å². The summed E-state index contributed by atoms with van der Waals surface area (Å²) in [4.78, 5) is 11.3. The molecule has 0 saturated heterocycles. The van der Waals surface area contributed by atoms with Gasteiger partial charge in [0.2, 0.25) is 0 Å². The van der Waals surface area contributed by atoms with Crippen molar-refractivity contribution < 1.29 is 14.3 Å². The normalized spacial score (nSPS) is 14.2. The highest BCUT2D eigenvalue weighted by Crippen LogP contribution is 2.26. The highest BCUT2D eigenvalue weighted by atomic mass is 16.7. The van der Waals surface area contributed by atoms with E-state index in [1.54, 1.807) is 6.92 Å². The van der Waals surface area contributed by atoms with Crippen molar-refractivity contribution in [3.63, 3.8) is 0 Å². The summed E-state index contributed by atoms with van der Waals surface area (Å²) in [5.74, 6) is 0.724. The van der Waals surface area contributed by atoms with Crippen LogP contribution in [0.5, 0.6) is 0 Å². The molecule has 0 radical (unpaired) electrons. The number of carbonyl (C=O) groups is 1. The van der Waals surface area contributed by atoms with E-state index in [0.717, 1.165) is 17.8 Å². The van der Waals surface area contributed by atoms with Crippen molar-refractivity contribution in [2.75, 3.05) is 6.61 Å². The summed E-state index contributed by atoms with van der Waals surface area (Å²) in [5, 5.41) is 0. The molecule has 0 spiro atoms. The summed E-state index contributed by atoms with van der Waals surface area (Å²) in [6.07, 6.45) is 0.896. The lowest BCUT2D eigenvalue weighted by Gasteiger charge is -2.20. The smallest absolute Gasteiger partial charge is 0.434 e. The largest absolute Gasteiger partial charge is 0.513 e. The third kappa shape index (κ3) is 2.67. The van der Waals surface area contributed by atoms with E-state index in [9.17, 15) is 4.79 Å². The molecule has 1 aliphatic rings. The average molecular weight is 232 g/mol. The molecule has 0 amide bonds. The zero-order valence-corrected chi connectivity index (χ0v) is 10.2. The summed E-state index contributed by atoms with van der Waals surface area (Å²) in [6.45, 7) is 4.09. The molecule has 0 heterocycles. The van der Waals surface area contributed by atoms with Gasteiger partial charge in [0.05, 0.1) is 6.61 Å². The van der Waals surface area contributed by atoms with Crippen molar-refractivity contribution in [2.45, 2.75) is 26.7 Å². The summed E-state index contributed by atoms with van der Waals surface area (Å²) < 4.78 is 10.0. The van der Waals surface area contributed by atoms with E-state index < -0.39 is 6.16 Å². The molecule has 0 N–H and O–H groups in total. The van der Waals surface area contributed by atoms with Gasteiger partial charge in [-0.25, -0.2) is 4.79 Å². The minimum atomic E-state index is -0.610.